The highest BCUT2D eigenvalue weighted by molar-refractivity contribution is 5.58. The number of nitrogens with zero attached hydrogens (tertiary/aromatic N) is 1. The van der Waals surface area contributed by atoms with Gasteiger partial charge in [-0.15, -0.1) is 0 Å². The molecule has 1 aromatic carbocycles. The van der Waals surface area contributed by atoms with Crippen LogP contribution in [0.2, 0.25) is 0 Å². The molecule has 1 aromatic heterocycles. The lowest BCUT2D eigenvalue weighted by molar-refractivity contribution is 0.562. The molecule has 1 unspecified atom stereocenters. The van der Waals surface area contributed by atoms with E-state index < -0.39 is 5.82 Å². The van der Waals surface area contributed by atoms with Crippen LogP contribution in [0.3, 0.4) is 0 Å². The summed E-state index contributed by atoms with van der Waals surface area (Å²) in [4.78, 5) is 0. The second-order valence-electron chi connectivity index (χ2n) is 3.72. The van der Waals surface area contributed by atoms with Crippen LogP contribution in [0.25, 0.3) is 0 Å². The average Bonchev–Trinajstić information content (AvgIpc) is 2.85. The lowest BCUT2D eigenvalue weighted by atomic mass is 10.1. The van der Waals surface area contributed by atoms with Gasteiger partial charge < -0.3 is 9.73 Å². The van der Waals surface area contributed by atoms with Gasteiger partial charge in [0.15, 0.2) is 0 Å². The van der Waals surface area contributed by atoms with E-state index in [4.69, 9.17) is 9.68 Å². The molecule has 0 saturated heterocycles. The molecule has 1 N–H and O–H groups in total. The van der Waals surface area contributed by atoms with Gasteiger partial charge in [-0.05, 0) is 31.2 Å². The molecule has 2 aromatic rings. The van der Waals surface area contributed by atoms with Crippen molar-refractivity contribution >= 4 is 5.69 Å². The van der Waals surface area contributed by atoms with Gasteiger partial charge >= 0.3 is 0 Å². The second-order valence-corrected chi connectivity index (χ2v) is 3.72. The first-order valence-electron chi connectivity index (χ1n) is 5.19. The Hall–Kier alpha value is -2.28. The third-order valence-corrected chi connectivity index (χ3v) is 2.52. The predicted octanol–water partition coefficient (Wildman–Crippen LogP) is 3.46. The van der Waals surface area contributed by atoms with Crippen LogP contribution in [-0.2, 0) is 0 Å². The van der Waals surface area contributed by atoms with Crippen LogP contribution in [0.15, 0.2) is 41.2 Å². The summed E-state index contributed by atoms with van der Waals surface area (Å²) >= 11 is 0. The van der Waals surface area contributed by atoms with Crippen LogP contribution in [0.5, 0.6) is 0 Å². The molecule has 4 heteroatoms. The number of furan rings is 1. The molecule has 0 aliphatic heterocycles. The summed E-state index contributed by atoms with van der Waals surface area (Å²) in [6, 6.07) is 7.89. The molecule has 0 aliphatic carbocycles. The summed E-state index contributed by atoms with van der Waals surface area (Å²) in [5, 5.41) is 12.1. The van der Waals surface area contributed by atoms with Gasteiger partial charge in [-0.1, -0.05) is 0 Å². The highest BCUT2D eigenvalue weighted by atomic mass is 19.1. The Kier molecular flexibility index (Phi) is 3.10. The number of anilines is 1. The quantitative estimate of drug-likeness (QED) is 0.878. The SMILES string of the molecule is CC(Nc1ccc(F)cc1C#N)c1ccoc1. The zero-order valence-electron chi connectivity index (χ0n) is 9.27. The maximum atomic E-state index is 13.0. The minimum absolute atomic E-state index is 0.00805. The van der Waals surface area contributed by atoms with Crippen molar-refractivity contribution in [3.63, 3.8) is 0 Å². The number of hydrogen-bond donors (Lipinski definition) is 1. The molecular formula is C13H11FN2O. The van der Waals surface area contributed by atoms with Gasteiger partial charge in [-0.25, -0.2) is 4.39 Å². The topological polar surface area (TPSA) is 49.0 Å². The van der Waals surface area contributed by atoms with Crippen LogP contribution in [0.1, 0.15) is 24.1 Å². The molecule has 0 spiro atoms. The lowest BCUT2D eigenvalue weighted by Crippen LogP contribution is -2.07. The molecule has 0 radical (unpaired) electrons. The number of nitrogens with one attached hydrogen (secondary N) is 1. The summed E-state index contributed by atoms with van der Waals surface area (Å²) in [5.74, 6) is -0.414. The number of halogens is 1. The van der Waals surface area contributed by atoms with Gasteiger partial charge in [-0.3, -0.25) is 0 Å². The summed E-state index contributed by atoms with van der Waals surface area (Å²) in [5.41, 5.74) is 1.88. The van der Waals surface area contributed by atoms with Gasteiger partial charge in [0.05, 0.1) is 29.8 Å². The summed E-state index contributed by atoms with van der Waals surface area (Å²) in [7, 11) is 0. The van der Waals surface area contributed by atoms with E-state index in [1.807, 2.05) is 19.1 Å². The zero-order valence-corrected chi connectivity index (χ0v) is 9.27. The standard InChI is InChI=1S/C13H11FN2O/c1-9(10-4-5-17-8-10)16-13-3-2-12(14)6-11(13)7-15/h2-6,8-9,16H,1H3. The molecule has 0 amide bonds. The van der Waals surface area contributed by atoms with Crippen LogP contribution in [0, 0.1) is 17.1 Å². The Morgan fingerprint density at radius 3 is 2.88 bits per heavy atom. The first kappa shape index (κ1) is 11.2. The van der Waals surface area contributed by atoms with E-state index in [0.717, 1.165) is 5.56 Å². The van der Waals surface area contributed by atoms with Gasteiger partial charge in [0.25, 0.3) is 0 Å². The van der Waals surface area contributed by atoms with E-state index >= 15 is 0 Å². The van der Waals surface area contributed by atoms with E-state index in [2.05, 4.69) is 5.32 Å². The Balaban J connectivity index is 2.22. The summed E-state index contributed by atoms with van der Waals surface area (Å²) < 4.78 is 17.9. The molecule has 1 atom stereocenters. The molecule has 0 bridgehead atoms. The first-order chi connectivity index (χ1) is 8.20. The third kappa shape index (κ3) is 2.45. The molecule has 0 fully saturated rings. The molecule has 86 valence electrons. The highest BCUT2D eigenvalue weighted by Gasteiger charge is 2.09. The molecule has 1 heterocycles. The van der Waals surface area contributed by atoms with Crippen molar-refractivity contribution in [1.82, 2.24) is 0 Å². The first-order valence-corrected chi connectivity index (χ1v) is 5.19. The van der Waals surface area contributed by atoms with Crippen LogP contribution >= 0.6 is 0 Å². The number of nitriles is 1. The fourth-order valence-corrected chi connectivity index (χ4v) is 1.57. The van der Waals surface area contributed by atoms with E-state index in [1.54, 1.807) is 18.6 Å². The van der Waals surface area contributed by atoms with Gasteiger partial charge in [-0.2, -0.15) is 5.26 Å². The van der Waals surface area contributed by atoms with Crippen LogP contribution < -0.4 is 5.32 Å². The van der Waals surface area contributed by atoms with Gasteiger partial charge in [0, 0.05) is 5.56 Å². The van der Waals surface area contributed by atoms with Gasteiger partial charge in [0.1, 0.15) is 11.9 Å². The molecule has 2 rings (SSSR count). The smallest absolute Gasteiger partial charge is 0.124 e. The van der Waals surface area contributed by atoms with Crippen molar-refractivity contribution in [3.8, 4) is 6.07 Å². The fourth-order valence-electron chi connectivity index (χ4n) is 1.57. The molecule has 0 saturated carbocycles. The Labute approximate surface area is 98.5 Å². The monoisotopic (exact) mass is 230 g/mol. The highest BCUT2D eigenvalue weighted by Crippen LogP contribution is 2.22. The normalized spacial score (nSPS) is 11.8. The minimum Gasteiger partial charge on any atom is -0.472 e. The Morgan fingerprint density at radius 2 is 2.24 bits per heavy atom. The molecule has 3 nitrogen and oxygen atoms in total. The van der Waals surface area contributed by atoms with E-state index in [-0.39, 0.29) is 6.04 Å². The lowest BCUT2D eigenvalue weighted by Gasteiger charge is -2.14. The van der Waals surface area contributed by atoms with Crippen molar-refractivity contribution in [3.05, 3.63) is 53.7 Å². The van der Waals surface area contributed by atoms with Gasteiger partial charge in [0.2, 0.25) is 0 Å². The number of hydrogen-bond acceptors (Lipinski definition) is 3. The minimum atomic E-state index is -0.414. The van der Waals surface area contributed by atoms with Crippen molar-refractivity contribution in [1.29, 1.82) is 5.26 Å². The average molecular weight is 230 g/mol. The fraction of sp³-hybridized carbons (Fsp3) is 0.154. The summed E-state index contributed by atoms with van der Waals surface area (Å²) in [6.07, 6.45) is 3.22. The third-order valence-electron chi connectivity index (χ3n) is 2.52. The predicted molar refractivity (Wildman–Crippen MR) is 61.9 cm³/mol. The van der Waals surface area contributed by atoms with Crippen molar-refractivity contribution in [2.24, 2.45) is 0 Å². The van der Waals surface area contributed by atoms with E-state index in [9.17, 15) is 4.39 Å². The van der Waals surface area contributed by atoms with E-state index in [1.165, 1.54) is 12.1 Å². The molecule has 0 aliphatic rings. The zero-order chi connectivity index (χ0) is 12.3. The number of rotatable bonds is 3. The second kappa shape index (κ2) is 4.71. The maximum absolute atomic E-state index is 13.0. The largest absolute Gasteiger partial charge is 0.472 e. The van der Waals surface area contributed by atoms with Crippen LogP contribution in [0.4, 0.5) is 10.1 Å². The van der Waals surface area contributed by atoms with Crippen molar-refractivity contribution in [2.45, 2.75) is 13.0 Å². The van der Waals surface area contributed by atoms with Crippen molar-refractivity contribution in [2.75, 3.05) is 5.32 Å². The van der Waals surface area contributed by atoms with Crippen LogP contribution in [-0.4, -0.2) is 0 Å². The summed E-state index contributed by atoms with van der Waals surface area (Å²) in [6.45, 7) is 1.94. The van der Waals surface area contributed by atoms with E-state index in [0.29, 0.717) is 11.3 Å². The Bertz CT molecular complexity index is 543. The molecular weight excluding hydrogens is 219 g/mol. The molecule has 17 heavy (non-hydrogen) atoms. The number of benzene rings is 1. The maximum Gasteiger partial charge on any atom is 0.124 e. The Morgan fingerprint density at radius 1 is 1.41 bits per heavy atom. The van der Waals surface area contributed by atoms with Crippen molar-refractivity contribution < 1.29 is 8.81 Å².